The molecule has 0 bridgehead atoms. The van der Waals surface area contributed by atoms with Crippen LogP contribution < -0.4 is 4.74 Å². The Morgan fingerprint density at radius 1 is 1.04 bits per heavy atom. The normalized spacial score (nSPS) is 15.3. The number of carbonyl (C=O) groups excluding carboxylic acids is 1. The van der Waals surface area contributed by atoms with Crippen molar-refractivity contribution in [2.45, 2.75) is 13.2 Å². The van der Waals surface area contributed by atoms with E-state index in [0.29, 0.717) is 18.7 Å². The van der Waals surface area contributed by atoms with Crippen molar-refractivity contribution >= 4 is 21.8 Å². The van der Waals surface area contributed by atoms with Crippen LogP contribution in [0.15, 0.2) is 53.0 Å². The van der Waals surface area contributed by atoms with E-state index < -0.39 is 6.61 Å². The Morgan fingerprint density at radius 2 is 1.69 bits per heavy atom. The predicted molar refractivity (Wildman–Crippen MR) is 98.4 cm³/mol. The third-order valence-electron chi connectivity index (χ3n) is 4.34. The van der Waals surface area contributed by atoms with Crippen LogP contribution in [-0.2, 0) is 6.54 Å². The number of ether oxygens (including phenoxy) is 1. The fourth-order valence-corrected chi connectivity index (χ4v) is 3.35. The van der Waals surface area contributed by atoms with Crippen molar-refractivity contribution < 1.29 is 18.3 Å². The Kier molecular flexibility index (Phi) is 6.21. The number of carbonyl (C=O) groups is 1. The number of halogens is 3. The van der Waals surface area contributed by atoms with E-state index in [2.05, 4.69) is 31.6 Å². The van der Waals surface area contributed by atoms with E-state index in [1.165, 1.54) is 29.8 Å². The first-order chi connectivity index (χ1) is 12.5. The molecular weight excluding hydrogens is 406 g/mol. The molecule has 2 aromatic carbocycles. The zero-order chi connectivity index (χ0) is 18.5. The van der Waals surface area contributed by atoms with Crippen LogP contribution >= 0.6 is 15.9 Å². The molecule has 1 saturated heterocycles. The third-order valence-corrected chi connectivity index (χ3v) is 5.11. The van der Waals surface area contributed by atoms with Gasteiger partial charge in [0.2, 0.25) is 0 Å². The van der Waals surface area contributed by atoms with Crippen LogP contribution in [0.4, 0.5) is 8.78 Å². The number of amides is 1. The number of alkyl halides is 2. The Balaban J connectivity index is 1.54. The molecule has 138 valence electrons. The lowest BCUT2D eigenvalue weighted by Gasteiger charge is -2.35. The average molecular weight is 425 g/mol. The number of benzene rings is 2. The van der Waals surface area contributed by atoms with E-state index in [0.717, 1.165) is 24.1 Å². The smallest absolute Gasteiger partial charge is 0.387 e. The standard InChI is InChI=1S/C19H19BrF2N2O2/c20-17-4-2-1-3-15(17)13-23-9-11-24(12-10-23)18(25)14-5-7-16(8-6-14)26-19(21)22/h1-8,19H,9-13H2. The van der Waals surface area contributed by atoms with Crippen LogP contribution in [0, 0.1) is 0 Å². The molecule has 0 aromatic heterocycles. The van der Waals surface area contributed by atoms with Gasteiger partial charge >= 0.3 is 6.61 Å². The summed E-state index contributed by atoms with van der Waals surface area (Å²) < 4.78 is 29.8. The van der Waals surface area contributed by atoms with Gasteiger partial charge in [0, 0.05) is 42.8 Å². The Bertz CT molecular complexity index is 747. The second kappa shape index (κ2) is 8.60. The maximum atomic E-state index is 12.6. The SMILES string of the molecule is O=C(c1ccc(OC(F)F)cc1)N1CCN(Cc2ccccc2Br)CC1. The monoisotopic (exact) mass is 424 g/mol. The summed E-state index contributed by atoms with van der Waals surface area (Å²) >= 11 is 3.56. The third kappa shape index (κ3) is 4.80. The van der Waals surface area contributed by atoms with E-state index >= 15 is 0 Å². The molecule has 0 radical (unpaired) electrons. The first-order valence-corrected chi connectivity index (χ1v) is 9.12. The number of hydrogen-bond acceptors (Lipinski definition) is 3. The summed E-state index contributed by atoms with van der Waals surface area (Å²) in [5, 5.41) is 0. The van der Waals surface area contributed by atoms with E-state index in [1.54, 1.807) is 4.90 Å². The molecule has 0 unspecified atom stereocenters. The van der Waals surface area contributed by atoms with Crippen molar-refractivity contribution in [2.24, 2.45) is 0 Å². The van der Waals surface area contributed by atoms with Crippen molar-refractivity contribution in [2.75, 3.05) is 26.2 Å². The first-order valence-electron chi connectivity index (χ1n) is 8.33. The van der Waals surface area contributed by atoms with Crippen LogP contribution in [0.5, 0.6) is 5.75 Å². The minimum atomic E-state index is -2.87. The van der Waals surface area contributed by atoms with Crippen LogP contribution in [-0.4, -0.2) is 48.5 Å². The second-order valence-corrected chi connectivity index (χ2v) is 6.92. The fraction of sp³-hybridized carbons (Fsp3) is 0.316. The van der Waals surface area contributed by atoms with Crippen LogP contribution in [0.2, 0.25) is 0 Å². The number of rotatable bonds is 5. The minimum Gasteiger partial charge on any atom is -0.435 e. The predicted octanol–water partition coefficient (Wildman–Crippen LogP) is 4.01. The molecule has 0 N–H and O–H groups in total. The van der Waals surface area contributed by atoms with Crippen LogP contribution in [0.3, 0.4) is 0 Å². The van der Waals surface area contributed by atoms with Gasteiger partial charge < -0.3 is 9.64 Å². The van der Waals surface area contributed by atoms with E-state index in [-0.39, 0.29) is 11.7 Å². The van der Waals surface area contributed by atoms with Crippen LogP contribution in [0.25, 0.3) is 0 Å². The maximum Gasteiger partial charge on any atom is 0.387 e. The highest BCUT2D eigenvalue weighted by Gasteiger charge is 2.22. The molecule has 0 aliphatic carbocycles. The average Bonchev–Trinajstić information content (AvgIpc) is 2.64. The van der Waals surface area contributed by atoms with E-state index in [9.17, 15) is 13.6 Å². The van der Waals surface area contributed by atoms with E-state index in [4.69, 9.17) is 0 Å². The fourth-order valence-electron chi connectivity index (χ4n) is 2.94. The summed E-state index contributed by atoms with van der Waals surface area (Å²) in [4.78, 5) is 16.7. The zero-order valence-corrected chi connectivity index (χ0v) is 15.7. The quantitative estimate of drug-likeness (QED) is 0.726. The first kappa shape index (κ1) is 18.8. The lowest BCUT2D eigenvalue weighted by molar-refractivity contribution is -0.0498. The van der Waals surface area contributed by atoms with Gasteiger partial charge in [-0.25, -0.2) is 0 Å². The van der Waals surface area contributed by atoms with Crippen molar-refractivity contribution in [1.82, 2.24) is 9.80 Å². The Labute approximate surface area is 159 Å². The Morgan fingerprint density at radius 3 is 2.31 bits per heavy atom. The molecule has 1 aliphatic heterocycles. The summed E-state index contributed by atoms with van der Waals surface area (Å²) in [6.07, 6.45) is 0. The topological polar surface area (TPSA) is 32.8 Å². The highest BCUT2D eigenvalue weighted by atomic mass is 79.9. The molecule has 0 atom stereocenters. The molecular formula is C19H19BrF2N2O2. The highest BCUT2D eigenvalue weighted by Crippen LogP contribution is 2.20. The summed E-state index contributed by atoms with van der Waals surface area (Å²) in [7, 11) is 0. The number of hydrogen-bond donors (Lipinski definition) is 0. The molecule has 1 aliphatic rings. The van der Waals surface area contributed by atoms with E-state index in [1.807, 2.05) is 18.2 Å². The molecule has 0 saturated carbocycles. The Hall–Kier alpha value is -1.99. The summed E-state index contributed by atoms with van der Waals surface area (Å²) in [6.45, 7) is 0.828. The van der Waals surface area contributed by atoms with Crippen LogP contribution in [0.1, 0.15) is 15.9 Å². The molecule has 4 nitrogen and oxygen atoms in total. The number of piperazine rings is 1. The molecule has 3 rings (SSSR count). The summed E-state index contributed by atoms with van der Waals surface area (Å²) in [5.41, 5.74) is 1.70. The highest BCUT2D eigenvalue weighted by molar-refractivity contribution is 9.10. The lowest BCUT2D eigenvalue weighted by atomic mass is 10.1. The van der Waals surface area contributed by atoms with Crippen molar-refractivity contribution in [3.63, 3.8) is 0 Å². The largest absolute Gasteiger partial charge is 0.435 e. The molecule has 1 heterocycles. The van der Waals surface area contributed by atoms with Crippen molar-refractivity contribution in [3.8, 4) is 5.75 Å². The van der Waals surface area contributed by atoms with Gasteiger partial charge in [0.1, 0.15) is 5.75 Å². The van der Waals surface area contributed by atoms with Gasteiger partial charge in [-0.1, -0.05) is 34.1 Å². The molecule has 0 spiro atoms. The second-order valence-electron chi connectivity index (χ2n) is 6.06. The van der Waals surface area contributed by atoms with Gasteiger partial charge in [-0.2, -0.15) is 8.78 Å². The van der Waals surface area contributed by atoms with Crippen molar-refractivity contribution in [1.29, 1.82) is 0 Å². The van der Waals surface area contributed by atoms with Gasteiger partial charge in [-0.15, -0.1) is 0 Å². The lowest BCUT2D eigenvalue weighted by Crippen LogP contribution is -2.48. The summed E-state index contributed by atoms with van der Waals surface area (Å²) in [5.74, 6) is -0.0380. The summed E-state index contributed by atoms with van der Waals surface area (Å²) in [6, 6.07) is 13.9. The zero-order valence-electron chi connectivity index (χ0n) is 14.1. The minimum absolute atomic E-state index is 0.0507. The van der Waals surface area contributed by atoms with Gasteiger partial charge in [0.05, 0.1) is 0 Å². The molecule has 7 heteroatoms. The molecule has 1 fully saturated rings. The van der Waals surface area contributed by atoms with Crippen molar-refractivity contribution in [3.05, 3.63) is 64.1 Å². The van der Waals surface area contributed by atoms with Gasteiger partial charge in [-0.05, 0) is 35.9 Å². The number of nitrogens with zero attached hydrogens (tertiary/aromatic N) is 2. The molecule has 2 aromatic rings. The maximum absolute atomic E-state index is 12.6. The van der Waals surface area contributed by atoms with Gasteiger partial charge in [0.15, 0.2) is 0 Å². The molecule has 1 amide bonds. The van der Waals surface area contributed by atoms with Gasteiger partial charge in [0.25, 0.3) is 5.91 Å². The molecule has 26 heavy (non-hydrogen) atoms. The van der Waals surface area contributed by atoms with Gasteiger partial charge in [-0.3, -0.25) is 9.69 Å².